The standard InChI is InChI=1S/C15H19NO4/c1-15(2,3)20-14(17)13-10-12(16-18)8-7-11(13)6-5-9-19-4/h5-8,10H,9H2,1-4H3. The van der Waals surface area contributed by atoms with Gasteiger partial charge in [-0.05, 0) is 43.6 Å². The molecule has 0 saturated carbocycles. The van der Waals surface area contributed by atoms with E-state index in [1.807, 2.05) is 0 Å². The number of hydrogen-bond donors (Lipinski definition) is 0. The smallest absolute Gasteiger partial charge is 0.339 e. The van der Waals surface area contributed by atoms with Crippen molar-refractivity contribution >= 4 is 17.7 Å². The summed E-state index contributed by atoms with van der Waals surface area (Å²) in [5.74, 6) is -0.486. The molecule has 0 aliphatic carbocycles. The van der Waals surface area contributed by atoms with E-state index in [1.54, 1.807) is 52.2 Å². The van der Waals surface area contributed by atoms with Crippen molar-refractivity contribution in [2.45, 2.75) is 26.4 Å². The highest BCUT2D eigenvalue weighted by Gasteiger charge is 2.20. The molecule has 0 aliphatic rings. The zero-order valence-corrected chi connectivity index (χ0v) is 12.2. The molecule has 20 heavy (non-hydrogen) atoms. The first-order valence-corrected chi connectivity index (χ1v) is 6.23. The zero-order chi connectivity index (χ0) is 15.2. The summed E-state index contributed by atoms with van der Waals surface area (Å²) in [5.41, 5.74) is 0.553. The summed E-state index contributed by atoms with van der Waals surface area (Å²) in [6.07, 6.45) is 3.52. The van der Waals surface area contributed by atoms with Gasteiger partial charge >= 0.3 is 5.97 Å². The predicted molar refractivity (Wildman–Crippen MR) is 78.0 cm³/mol. The van der Waals surface area contributed by atoms with Gasteiger partial charge in [0.05, 0.1) is 12.2 Å². The average Bonchev–Trinajstić information content (AvgIpc) is 2.37. The van der Waals surface area contributed by atoms with E-state index in [2.05, 4.69) is 5.18 Å². The van der Waals surface area contributed by atoms with E-state index in [1.165, 1.54) is 6.07 Å². The van der Waals surface area contributed by atoms with Gasteiger partial charge in [0.2, 0.25) is 0 Å². The molecule has 0 spiro atoms. The van der Waals surface area contributed by atoms with Crippen LogP contribution in [0.3, 0.4) is 0 Å². The van der Waals surface area contributed by atoms with Crippen molar-refractivity contribution in [2.24, 2.45) is 5.18 Å². The minimum atomic E-state index is -0.602. The van der Waals surface area contributed by atoms with Gasteiger partial charge in [0.15, 0.2) is 0 Å². The Hall–Kier alpha value is -2.01. The molecular weight excluding hydrogens is 258 g/mol. The zero-order valence-electron chi connectivity index (χ0n) is 12.2. The fraction of sp³-hybridized carbons (Fsp3) is 0.400. The minimum absolute atomic E-state index is 0.190. The molecule has 0 fully saturated rings. The fourth-order valence-electron chi connectivity index (χ4n) is 1.53. The Balaban J connectivity index is 3.12. The molecule has 0 N–H and O–H groups in total. The molecule has 5 heteroatoms. The highest BCUT2D eigenvalue weighted by atomic mass is 16.6. The number of carbonyl (C=O) groups is 1. The van der Waals surface area contributed by atoms with Crippen molar-refractivity contribution in [1.82, 2.24) is 0 Å². The van der Waals surface area contributed by atoms with Gasteiger partial charge in [0.25, 0.3) is 0 Å². The lowest BCUT2D eigenvalue weighted by Crippen LogP contribution is -2.24. The lowest BCUT2D eigenvalue weighted by Gasteiger charge is -2.20. The SMILES string of the molecule is COCC=Cc1ccc(N=O)cc1C(=O)OC(C)(C)C. The first-order valence-electron chi connectivity index (χ1n) is 6.23. The Morgan fingerprint density at radius 3 is 2.60 bits per heavy atom. The summed E-state index contributed by atoms with van der Waals surface area (Å²) >= 11 is 0. The lowest BCUT2D eigenvalue weighted by atomic mass is 10.1. The van der Waals surface area contributed by atoms with E-state index in [9.17, 15) is 9.70 Å². The van der Waals surface area contributed by atoms with E-state index < -0.39 is 11.6 Å². The Morgan fingerprint density at radius 2 is 2.05 bits per heavy atom. The molecule has 0 aliphatic heterocycles. The number of methoxy groups -OCH3 is 1. The molecule has 5 nitrogen and oxygen atoms in total. The van der Waals surface area contributed by atoms with Gasteiger partial charge in [0, 0.05) is 7.11 Å². The first kappa shape index (κ1) is 16.0. The summed E-state index contributed by atoms with van der Waals surface area (Å²) in [5, 5.41) is 2.84. The van der Waals surface area contributed by atoms with Crippen LogP contribution in [0.25, 0.3) is 6.08 Å². The molecule has 0 unspecified atom stereocenters. The second kappa shape index (κ2) is 6.96. The average molecular weight is 277 g/mol. The molecule has 108 valence electrons. The van der Waals surface area contributed by atoms with E-state index in [-0.39, 0.29) is 5.69 Å². The number of ether oxygens (including phenoxy) is 2. The number of carbonyl (C=O) groups excluding carboxylic acids is 1. The summed E-state index contributed by atoms with van der Waals surface area (Å²) in [4.78, 5) is 22.7. The largest absolute Gasteiger partial charge is 0.456 e. The van der Waals surface area contributed by atoms with Crippen LogP contribution < -0.4 is 0 Å². The number of benzene rings is 1. The first-order chi connectivity index (χ1) is 9.37. The van der Waals surface area contributed by atoms with Crippen LogP contribution in [0.2, 0.25) is 0 Å². The van der Waals surface area contributed by atoms with Crippen molar-refractivity contribution in [1.29, 1.82) is 0 Å². The van der Waals surface area contributed by atoms with Gasteiger partial charge in [-0.2, -0.15) is 0 Å². The minimum Gasteiger partial charge on any atom is -0.456 e. The summed E-state index contributed by atoms with van der Waals surface area (Å²) in [6.45, 7) is 5.79. The lowest BCUT2D eigenvalue weighted by molar-refractivity contribution is 0.00693. The number of esters is 1. The highest BCUT2D eigenvalue weighted by Crippen LogP contribution is 2.22. The van der Waals surface area contributed by atoms with E-state index >= 15 is 0 Å². The molecule has 0 amide bonds. The molecule has 1 aromatic carbocycles. The van der Waals surface area contributed by atoms with Crippen molar-refractivity contribution in [3.8, 4) is 0 Å². The molecule has 0 radical (unpaired) electrons. The van der Waals surface area contributed by atoms with Crippen LogP contribution >= 0.6 is 0 Å². The van der Waals surface area contributed by atoms with E-state index in [4.69, 9.17) is 9.47 Å². The van der Waals surface area contributed by atoms with Crippen molar-refractivity contribution < 1.29 is 14.3 Å². The number of hydrogen-bond acceptors (Lipinski definition) is 5. The molecule has 1 aromatic rings. The van der Waals surface area contributed by atoms with Crippen LogP contribution in [0.4, 0.5) is 5.69 Å². The molecule has 0 atom stereocenters. The van der Waals surface area contributed by atoms with E-state index in [0.717, 1.165) is 0 Å². The second-order valence-corrected chi connectivity index (χ2v) is 5.22. The van der Waals surface area contributed by atoms with Gasteiger partial charge in [-0.15, -0.1) is 4.91 Å². The summed E-state index contributed by atoms with van der Waals surface area (Å²) in [7, 11) is 1.58. The molecular formula is C15H19NO4. The second-order valence-electron chi connectivity index (χ2n) is 5.22. The third-order valence-electron chi connectivity index (χ3n) is 2.32. The van der Waals surface area contributed by atoms with Gasteiger partial charge in [0.1, 0.15) is 11.3 Å². The van der Waals surface area contributed by atoms with Crippen LogP contribution in [0.1, 0.15) is 36.7 Å². The van der Waals surface area contributed by atoms with E-state index in [0.29, 0.717) is 17.7 Å². The third kappa shape index (κ3) is 4.93. The number of nitroso groups, excluding NO2 is 1. The Morgan fingerprint density at radius 1 is 1.35 bits per heavy atom. The quantitative estimate of drug-likeness (QED) is 0.608. The third-order valence-corrected chi connectivity index (χ3v) is 2.32. The van der Waals surface area contributed by atoms with Crippen LogP contribution in [-0.2, 0) is 9.47 Å². The Labute approximate surface area is 118 Å². The van der Waals surface area contributed by atoms with Crippen LogP contribution in [-0.4, -0.2) is 25.3 Å². The predicted octanol–water partition coefficient (Wildman–Crippen LogP) is 3.70. The number of nitrogens with zero attached hydrogens (tertiary/aromatic N) is 1. The summed E-state index contributed by atoms with van der Waals surface area (Å²) < 4.78 is 10.2. The highest BCUT2D eigenvalue weighted by molar-refractivity contribution is 5.94. The fourth-order valence-corrected chi connectivity index (χ4v) is 1.53. The molecule has 0 aromatic heterocycles. The monoisotopic (exact) mass is 277 g/mol. The van der Waals surface area contributed by atoms with Crippen molar-refractivity contribution in [2.75, 3.05) is 13.7 Å². The van der Waals surface area contributed by atoms with Crippen LogP contribution in [0.15, 0.2) is 29.5 Å². The van der Waals surface area contributed by atoms with Crippen molar-refractivity contribution in [3.05, 3.63) is 40.3 Å². The maximum absolute atomic E-state index is 12.2. The normalized spacial score (nSPS) is 11.6. The summed E-state index contributed by atoms with van der Waals surface area (Å²) in [6, 6.07) is 4.63. The van der Waals surface area contributed by atoms with Gasteiger partial charge in [-0.3, -0.25) is 0 Å². The van der Waals surface area contributed by atoms with Crippen LogP contribution in [0, 0.1) is 4.91 Å². The maximum Gasteiger partial charge on any atom is 0.339 e. The van der Waals surface area contributed by atoms with Crippen molar-refractivity contribution in [3.63, 3.8) is 0 Å². The molecule has 0 bridgehead atoms. The van der Waals surface area contributed by atoms with Gasteiger partial charge in [-0.1, -0.05) is 18.2 Å². The Kier molecular flexibility index (Phi) is 5.58. The van der Waals surface area contributed by atoms with Crippen LogP contribution in [0.5, 0.6) is 0 Å². The number of rotatable bonds is 5. The molecule has 0 heterocycles. The molecule has 1 rings (SSSR count). The topological polar surface area (TPSA) is 65.0 Å². The van der Waals surface area contributed by atoms with Gasteiger partial charge < -0.3 is 9.47 Å². The van der Waals surface area contributed by atoms with Gasteiger partial charge in [-0.25, -0.2) is 4.79 Å². The molecule has 0 saturated heterocycles. The Bertz CT molecular complexity index is 515. The maximum atomic E-state index is 12.2.